The topological polar surface area (TPSA) is 52.6 Å². The zero-order chi connectivity index (χ0) is 15.2. The Kier molecular flexibility index (Phi) is 4.61. The SMILES string of the molecule is O=C(F)c1ccc(OCOc2ccc(C(=O)F)cc2)cc1. The second kappa shape index (κ2) is 6.60. The molecule has 108 valence electrons. The third-order valence-electron chi connectivity index (χ3n) is 2.61. The molecule has 2 aromatic rings. The molecule has 0 bridgehead atoms. The number of ether oxygens (including phenoxy) is 2. The van der Waals surface area contributed by atoms with Crippen LogP contribution in [0, 0.1) is 0 Å². The van der Waals surface area contributed by atoms with Crippen LogP contribution in [0.5, 0.6) is 11.5 Å². The standard InChI is InChI=1S/C15H10F2O4/c16-14(18)10-1-5-12(6-2-10)20-9-21-13-7-3-11(4-8-13)15(17)19/h1-8H,9H2. The van der Waals surface area contributed by atoms with E-state index in [9.17, 15) is 18.4 Å². The Hall–Kier alpha value is -2.76. The van der Waals surface area contributed by atoms with Crippen molar-refractivity contribution in [1.82, 2.24) is 0 Å². The highest BCUT2D eigenvalue weighted by Crippen LogP contribution is 2.15. The number of rotatable bonds is 6. The van der Waals surface area contributed by atoms with Crippen LogP contribution in [0.3, 0.4) is 0 Å². The lowest BCUT2D eigenvalue weighted by Crippen LogP contribution is -2.05. The van der Waals surface area contributed by atoms with Crippen LogP contribution >= 0.6 is 0 Å². The van der Waals surface area contributed by atoms with Crippen LogP contribution in [0.1, 0.15) is 20.7 Å². The Morgan fingerprint density at radius 2 is 1.05 bits per heavy atom. The molecule has 6 heteroatoms. The third kappa shape index (κ3) is 4.10. The molecule has 2 aromatic carbocycles. The van der Waals surface area contributed by atoms with Crippen LogP contribution in [0.2, 0.25) is 0 Å². The quantitative estimate of drug-likeness (QED) is 0.605. The average Bonchev–Trinajstić information content (AvgIpc) is 2.48. The third-order valence-corrected chi connectivity index (χ3v) is 2.61. The first kappa shape index (κ1) is 14.6. The molecule has 0 spiro atoms. The molecular weight excluding hydrogens is 282 g/mol. The summed E-state index contributed by atoms with van der Waals surface area (Å²) in [6.07, 6.45) is 0. The number of hydrogen-bond donors (Lipinski definition) is 0. The molecule has 0 atom stereocenters. The van der Waals surface area contributed by atoms with Crippen LogP contribution in [0.15, 0.2) is 48.5 Å². The molecule has 0 unspecified atom stereocenters. The van der Waals surface area contributed by atoms with Gasteiger partial charge in [0.25, 0.3) is 0 Å². The van der Waals surface area contributed by atoms with Gasteiger partial charge in [-0.05, 0) is 48.5 Å². The van der Waals surface area contributed by atoms with Gasteiger partial charge in [-0.2, -0.15) is 8.78 Å². The minimum absolute atomic E-state index is 0.0604. The van der Waals surface area contributed by atoms with Gasteiger partial charge < -0.3 is 9.47 Å². The predicted octanol–water partition coefficient (Wildman–Crippen LogP) is 3.32. The molecule has 4 nitrogen and oxygen atoms in total. The van der Waals surface area contributed by atoms with Crippen molar-refractivity contribution in [3.63, 3.8) is 0 Å². The molecular formula is C15H10F2O4. The van der Waals surface area contributed by atoms with Crippen LogP contribution in [0.25, 0.3) is 0 Å². The summed E-state index contributed by atoms with van der Waals surface area (Å²) >= 11 is 0. The van der Waals surface area contributed by atoms with Crippen molar-refractivity contribution < 1.29 is 27.8 Å². The number of halogens is 2. The van der Waals surface area contributed by atoms with Crippen LogP contribution in [-0.2, 0) is 0 Å². The number of carbonyl (C=O) groups is 2. The molecule has 2 rings (SSSR count). The van der Waals surface area contributed by atoms with Gasteiger partial charge in [0.1, 0.15) is 11.5 Å². The zero-order valence-electron chi connectivity index (χ0n) is 10.7. The highest BCUT2D eigenvalue weighted by molar-refractivity contribution is 5.88. The fourth-order valence-corrected chi connectivity index (χ4v) is 1.53. The van der Waals surface area contributed by atoms with Gasteiger partial charge in [-0.25, -0.2) is 0 Å². The minimum atomic E-state index is -1.51. The van der Waals surface area contributed by atoms with Crippen molar-refractivity contribution in [1.29, 1.82) is 0 Å². The van der Waals surface area contributed by atoms with Gasteiger partial charge in [0.05, 0.1) is 11.1 Å². The molecule has 0 heterocycles. The second-order valence-electron chi connectivity index (χ2n) is 4.00. The van der Waals surface area contributed by atoms with E-state index in [1.807, 2.05) is 0 Å². The maximum atomic E-state index is 12.4. The van der Waals surface area contributed by atoms with Gasteiger partial charge in [-0.3, -0.25) is 9.59 Å². The molecule has 0 aliphatic rings. The summed E-state index contributed by atoms with van der Waals surface area (Å²) < 4.78 is 35.2. The first-order chi connectivity index (χ1) is 10.1. The summed E-state index contributed by atoms with van der Waals surface area (Å²) in [5, 5.41) is 0. The first-order valence-electron chi connectivity index (χ1n) is 5.91. The molecule has 0 aliphatic carbocycles. The second-order valence-corrected chi connectivity index (χ2v) is 4.00. The lowest BCUT2D eigenvalue weighted by molar-refractivity contribution is 0.0826. The molecule has 0 aliphatic heterocycles. The van der Waals surface area contributed by atoms with Crippen molar-refractivity contribution in [3.8, 4) is 11.5 Å². The van der Waals surface area contributed by atoms with E-state index in [1.165, 1.54) is 48.5 Å². The van der Waals surface area contributed by atoms with Crippen molar-refractivity contribution in [2.75, 3.05) is 6.79 Å². The molecule has 0 fully saturated rings. The summed E-state index contributed by atoms with van der Waals surface area (Å²) in [5.74, 6) is 0.797. The monoisotopic (exact) mass is 292 g/mol. The Labute approximate surface area is 118 Å². The highest BCUT2D eigenvalue weighted by atomic mass is 19.1. The summed E-state index contributed by atoms with van der Waals surface area (Å²) in [6.45, 7) is -0.133. The van der Waals surface area contributed by atoms with E-state index in [1.54, 1.807) is 0 Å². The van der Waals surface area contributed by atoms with Crippen LogP contribution < -0.4 is 9.47 Å². The summed E-state index contributed by atoms with van der Waals surface area (Å²) in [6, 6.07) is 7.86. The number of hydrogen-bond acceptors (Lipinski definition) is 4. The van der Waals surface area contributed by atoms with Gasteiger partial charge in [0.2, 0.25) is 6.79 Å². The van der Waals surface area contributed by atoms with Crippen LogP contribution in [0.4, 0.5) is 8.78 Å². The first-order valence-corrected chi connectivity index (χ1v) is 5.91. The van der Waals surface area contributed by atoms with E-state index in [2.05, 4.69) is 0 Å². The van der Waals surface area contributed by atoms with Crippen LogP contribution in [-0.4, -0.2) is 18.9 Å². The molecule has 0 amide bonds. The van der Waals surface area contributed by atoms with E-state index in [0.717, 1.165) is 0 Å². The Balaban J connectivity index is 1.86. The van der Waals surface area contributed by atoms with E-state index < -0.39 is 12.1 Å². The largest absolute Gasteiger partial charge is 0.458 e. The Morgan fingerprint density at radius 3 is 1.33 bits per heavy atom. The number of benzene rings is 2. The Morgan fingerprint density at radius 1 is 0.714 bits per heavy atom. The lowest BCUT2D eigenvalue weighted by Gasteiger charge is -2.08. The zero-order valence-corrected chi connectivity index (χ0v) is 10.7. The fourth-order valence-electron chi connectivity index (χ4n) is 1.53. The smallest absolute Gasteiger partial charge is 0.332 e. The van der Waals surface area contributed by atoms with E-state index in [-0.39, 0.29) is 17.9 Å². The molecule has 0 N–H and O–H groups in total. The molecule has 0 radical (unpaired) electrons. The predicted molar refractivity (Wildman–Crippen MR) is 69.9 cm³/mol. The van der Waals surface area contributed by atoms with E-state index >= 15 is 0 Å². The van der Waals surface area contributed by atoms with E-state index in [4.69, 9.17) is 9.47 Å². The highest BCUT2D eigenvalue weighted by Gasteiger charge is 2.04. The summed E-state index contributed by atoms with van der Waals surface area (Å²) in [5.41, 5.74) is -0.121. The maximum Gasteiger partial charge on any atom is 0.332 e. The molecule has 21 heavy (non-hydrogen) atoms. The van der Waals surface area contributed by atoms with Gasteiger partial charge in [0, 0.05) is 0 Å². The van der Waals surface area contributed by atoms with Crippen molar-refractivity contribution >= 4 is 12.1 Å². The van der Waals surface area contributed by atoms with Gasteiger partial charge in [-0.1, -0.05) is 0 Å². The lowest BCUT2D eigenvalue weighted by atomic mass is 10.2. The summed E-state index contributed by atoms with van der Waals surface area (Å²) in [4.78, 5) is 20.9. The van der Waals surface area contributed by atoms with Crippen molar-refractivity contribution in [2.45, 2.75) is 0 Å². The molecule has 0 aromatic heterocycles. The van der Waals surface area contributed by atoms with Gasteiger partial charge in [-0.15, -0.1) is 0 Å². The fraction of sp³-hybridized carbons (Fsp3) is 0.0667. The minimum Gasteiger partial charge on any atom is -0.458 e. The Bertz CT molecular complexity index is 578. The summed E-state index contributed by atoms with van der Waals surface area (Å²) in [7, 11) is 0. The van der Waals surface area contributed by atoms with Gasteiger partial charge >= 0.3 is 12.1 Å². The average molecular weight is 292 g/mol. The molecule has 0 saturated carbocycles. The normalized spacial score (nSPS) is 10.0. The number of carbonyl (C=O) groups excluding carboxylic acids is 2. The molecule has 0 saturated heterocycles. The maximum absolute atomic E-state index is 12.4. The van der Waals surface area contributed by atoms with E-state index in [0.29, 0.717) is 11.5 Å². The van der Waals surface area contributed by atoms with Gasteiger partial charge in [0.15, 0.2) is 0 Å². The van der Waals surface area contributed by atoms with Crippen molar-refractivity contribution in [3.05, 3.63) is 59.7 Å². The van der Waals surface area contributed by atoms with Crippen molar-refractivity contribution in [2.24, 2.45) is 0 Å².